The van der Waals surface area contributed by atoms with E-state index in [9.17, 15) is 9.59 Å². The van der Waals surface area contributed by atoms with Crippen LogP contribution in [0.4, 0.5) is 0 Å². The van der Waals surface area contributed by atoms with Gasteiger partial charge in [-0.3, -0.25) is 9.59 Å². The van der Waals surface area contributed by atoms with E-state index in [4.69, 9.17) is 9.47 Å². The summed E-state index contributed by atoms with van der Waals surface area (Å²) in [5, 5.41) is 0. The van der Waals surface area contributed by atoms with Gasteiger partial charge in [-0.1, -0.05) is 35.9 Å². The van der Waals surface area contributed by atoms with Crippen LogP contribution in [0.2, 0.25) is 0 Å². The smallest absolute Gasteiger partial charge is 0.245 e. The molecule has 2 aliphatic heterocycles. The van der Waals surface area contributed by atoms with Crippen molar-refractivity contribution in [3.8, 4) is 0 Å². The normalized spacial score (nSPS) is 23.2. The molecule has 6 heteroatoms. The molecular weight excluding hydrogens is 380 g/mol. The van der Waals surface area contributed by atoms with E-state index in [1.54, 1.807) is 14.2 Å². The molecule has 162 valence electrons. The molecule has 1 aliphatic carbocycles. The first kappa shape index (κ1) is 21.1. The Morgan fingerprint density at radius 1 is 1.07 bits per heavy atom. The molecule has 0 aromatic heterocycles. The molecule has 0 saturated carbocycles. The van der Waals surface area contributed by atoms with Crippen molar-refractivity contribution >= 4 is 17.9 Å². The van der Waals surface area contributed by atoms with Gasteiger partial charge in [0.25, 0.3) is 0 Å². The predicted molar refractivity (Wildman–Crippen MR) is 115 cm³/mol. The second-order valence-electron chi connectivity index (χ2n) is 8.50. The average Bonchev–Trinajstić information content (AvgIpc) is 3.51. The fourth-order valence-electron chi connectivity index (χ4n) is 5.20. The average molecular weight is 413 g/mol. The largest absolute Gasteiger partial charge is 0.354 e. The van der Waals surface area contributed by atoms with Gasteiger partial charge in [0.15, 0.2) is 6.29 Å². The van der Waals surface area contributed by atoms with Crippen LogP contribution in [0.3, 0.4) is 0 Å². The van der Waals surface area contributed by atoms with Crippen molar-refractivity contribution in [3.63, 3.8) is 0 Å². The number of amides is 2. The number of benzene rings is 1. The highest BCUT2D eigenvalue weighted by atomic mass is 16.7. The Kier molecular flexibility index (Phi) is 6.54. The number of nitrogens with zero attached hydrogens (tertiary/aromatic N) is 2. The van der Waals surface area contributed by atoms with Crippen molar-refractivity contribution in [1.82, 2.24) is 9.80 Å². The van der Waals surface area contributed by atoms with Crippen LogP contribution in [0.25, 0.3) is 6.08 Å². The van der Waals surface area contributed by atoms with Gasteiger partial charge < -0.3 is 19.3 Å². The molecule has 2 heterocycles. The quantitative estimate of drug-likeness (QED) is 0.646. The van der Waals surface area contributed by atoms with Crippen LogP contribution in [0, 0.1) is 0 Å². The van der Waals surface area contributed by atoms with Crippen LogP contribution in [0.1, 0.15) is 49.7 Å². The highest BCUT2D eigenvalue weighted by molar-refractivity contribution is 5.89. The van der Waals surface area contributed by atoms with E-state index in [2.05, 4.69) is 24.3 Å². The third-order valence-corrected chi connectivity index (χ3v) is 6.71. The zero-order chi connectivity index (χ0) is 21.1. The molecule has 2 amide bonds. The van der Waals surface area contributed by atoms with Gasteiger partial charge in [0.2, 0.25) is 11.8 Å². The highest BCUT2D eigenvalue weighted by Crippen LogP contribution is 2.30. The van der Waals surface area contributed by atoms with Crippen molar-refractivity contribution in [1.29, 1.82) is 0 Å². The number of carbonyl (C=O) groups is 2. The minimum atomic E-state index is -0.419. The minimum Gasteiger partial charge on any atom is -0.354 e. The van der Waals surface area contributed by atoms with Gasteiger partial charge in [0, 0.05) is 33.7 Å². The molecule has 0 bridgehead atoms. The molecular formula is C24H32N2O4. The third kappa shape index (κ3) is 4.16. The number of ether oxygens (including phenoxy) is 2. The van der Waals surface area contributed by atoms with Crippen LogP contribution < -0.4 is 0 Å². The van der Waals surface area contributed by atoms with Gasteiger partial charge in [-0.05, 0) is 49.7 Å². The maximum atomic E-state index is 13.3. The molecule has 30 heavy (non-hydrogen) atoms. The molecule has 3 aliphatic rings. The maximum Gasteiger partial charge on any atom is 0.245 e. The summed E-state index contributed by atoms with van der Waals surface area (Å²) >= 11 is 0. The molecule has 6 nitrogen and oxygen atoms in total. The van der Waals surface area contributed by atoms with Crippen LogP contribution in [-0.4, -0.2) is 67.3 Å². The monoisotopic (exact) mass is 412 g/mol. The first-order chi connectivity index (χ1) is 14.6. The van der Waals surface area contributed by atoms with Crippen LogP contribution in [0.5, 0.6) is 0 Å². The zero-order valence-electron chi connectivity index (χ0n) is 18.0. The highest BCUT2D eigenvalue weighted by Gasteiger charge is 2.42. The van der Waals surface area contributed by atoms with Crippen molar-refractivity contribution in [2.45, 2.75) is 63.3 Å². The second kappa shape index (κ2) is 9.31. The van der Waals surface area contributed by atoms with Gasteiger partial charge in [-0.15, -0.1) is 0 Å². The first-order valence-electron chi connectivity index (χ1n) is 11.0. The summed E-state index contributed by atoms with van der Waals surface area (Å²) in [5.74, 6) is 0.142. The summed E-state index contributed by atoms with van der Waals surface area (Å²) in [4.78, 5) is 30.0. The fourth-order valence-corrected chi connectivity index (χ4v) is 5.20. The number of methoxy groups -OCH3 is 2. The maximum absolute atomic E-state index is 13.3. The number of allylic oxidation sites excluding steroid dienone is 1. The summed E-state index contributed by atoms with van der Waals surface area (Å²) in [6, 6.07) is 7.96. The third-order valence-electron chi connectivity index (χ3n) is 6.71. The Bertz CT molecular complexity index is 817. The summed E-state index contributed by atoms with van der Waals surface area (Å²) < 4.78 is 10.8. The number of fused-ring (bicyclic) bond motifs is 1. The van der Waals surface area contributed by atoms with Crippen LogP contribution in [0.15, 0.2) is 29.8 Å². The predicted octanol–water partition coefficient (Wildman–Crippen LogP) is 3.01. The van der Waals surface area contributed by atoms with Crippen molar-refractivity contribution in [2.75, 3.05) is 27.3 Å². The molecule has 1 aromatic rings. The number of carbonyl (C=O) groups excluding carboxylic acids is 2. The summed E-state index contributed by atoms with van der Waals surface area (Å²) in [7, 11) is 3.22. The molecule has 1 unspecified atom stereocenters. The van der Waals surface area contributed by atoms with Gasteiger partial charge in [-0.2, -0.15) is 0 Å². The van der Waals surface area contributed by atoms with E-state index in [0.717, 1.165) is 38.5 Å². The Balaban J connectivity index is 1.36. The number of rotatable bonds is 7. The van der Waals surface area contributed by atoms with E-state index in [1.807, 2.05) is 15.9 Å². The topological polar surface area (TPSA) is 59.1 Å². The Morgan fingerprint density at radius 3 is 2.57 bits per heavy atom. The first-order valence-corrected chi connectivity index (χ1v) is 11.0. The van der Waals surface area contributed by atoms with Gasteiger partial charge in [0.1, 0.15) is 6.04 Å². The summed E-state index contributed by atoms with van der Waals surface area (Å²) in [6.45, 7) is 1.38. The van der Waals surface area contributed by atoms with Crippen molar-refractivity contribution in [2.24, 2.45) is 0 Å². The molecule has 0 radical (unpaired) electrons. The number of likely N-dealkylation sites (tertiary alicyclic amines) is 2. The van der Waals surface area contributed by atoms with E-state index < -0.39 is 6.29 Å². The van der Waals surface area contributed by atoms with Crippen LogP contribution >= 0.6 is 0 Å². The molecule has 1 aromatic carbocycles. The van der Waals surface area contributed by atoms with E-state index in [0.29, 0.717) is 19.5 Å². The Morgan fingerprint density at radius 2 is 1.80 bits per heavy atom. The lowest BCUT2D eigenvalue weighted by Gasteiger charge is -2.34. The zero-order valence-corrected chi connectivity index (χ0v) is 18.0. The minimum absolute atomic E-state index is 0.0509. The number of hydrogen-bond donors (Lipinski definition) is 0. The lowest BCUT2D eigenvalue weighted by molar-refractivity contribution is -0.161. The van der Waals surface area contributed by atoms with E-state index >= 15 is 0 Å². The standard InChI is InChI=1S/C24H32N2O4/c1-29-24(30-2)21-10-6-14-26(21)23(28)20-9-5-13-25(20)22(27)12-11-17-15-18-7-3-4-8-19(18)16-17/h3-4,7-8,15,20-21,24H,5-6,9-14,16H2,1-2H3/t20-,21?/m0/s1. The van der Waals surface area contributed by atoms with Gasteiger partial charge >= 0.3 is 0 Å². The fraction of sp³-hybridized carbons (Fsp3) is 0.583. The Hall–Kier alpha value is -2.18. The Labute approximate surface area is 178 Å². The van der Waals surface area contributed by atoms with Crippen molar-refractivity contribution in [3.05, 3.63) is 41.0 Å². The SMILES string of the molecule is COC(OC)C1CCCN1C(=O)[C@@H]1CCCN1C(=O)CCC1=Cc2ccccc2C1. The molecule has 0 N–H and O–H groups in total. The summed E-state index contributed by atoms with van der Waals surface area (Å²) in [6.07, 6.45) is 7.37. The summed E-state index contributed by atoms with van der Waals surface area (Å²) in [5.41, 5.74) is 3.90. The lowest BCUT2D eigenvalue weighted by atomic mass is 10.1. The molecule has 0 spiro atoms. The molecule has 4 rings (SSSR count). The number of hydrogen-bond acceptors (Lipinski definition) is 4. The van der Waals surface area contributed by atoms with Crippen LogP contribution in [-0.2, 0) is 25.5 Å². The van der Waals surface area contributed by atoms with E-state index in [1.165, 1.54) is 16.7 Å². The van der Waals surface area contributed by atoms with E-state index in [-0.39, 0.29) is 23.9 Å². The molecule has 2 atom stereocenters. The van der Waals surface area contributed by atoms with Gasteiger partial charge in [0.05, 0.1) is 6.04 Å². The second-order valence-corrected chi connectivity index (χ2v) is 8.50. The van der Waals surface area contributed by atoms with Crippen molar-refractivity contribution < 1.29 is 19.1 Å². The van der Waals surface area contributed by atoms with Gasteiger partial charge in [-0.25, -0.2) is 0 Å². The molecule has 2 saturated heterocycles. The molecule has 2 fully saturated rings. The lowest BCUT2D eigenvalue weighted by Crippen LogP contribution is -2.52.